The van der Waals surface area contributed by atoms with Crippen molar-refractivity contribution in [2.45, 2.75) is 19.0 Å². The van der Waals surface area contributed by atoms with Gasteiger partial charge in [-0.15, -0.1) is 10.2 Å². The summed E-state index contributed by atoms with van der Waals surface area (Å²) in [5.41, 5.74) is 6.38. The van der Waals surface area contributed by atoms with Gasteiger partial charge in [0, 0.05) is 11.3 Å². The van der Waals surface area contributed by atoms with Gasteiger partial charge in [0.1, 0.15) is 11.5 Å². The monoisotopic (exact) mass is 501 g/mol. The topological polar surface area (TPSA) is 90.6 Å². The van der Waals surface area contributed by atoms with Crippen molar-refractivity contribution < 1.29 is 14.3 Å². The predicted octanol–water partition coefficient (Wildman–Crippen LogP) is 4.89. The quantitative estimate of drug-likeness (QED) is 0.189. The molecule has 0 saturated carbocycles. The van der Waals surface area contributed by atoms with Gasteiger partial charge >= 0.3 is 0 Å². The van der Waals surface area contributed by atoms with Crippen LogP contribution in [0.4, 0.5) is 0 Å². The number of amides is 1. The van der Waals surface area contributed by atoms with Crippen molar-refractivity contribution in [2.24, 2.45) is 5.10 Å². The van der Waals surface area contributed by atoms with E-state index in [-0.39, 0.29) is 11.7 Å². The molecule has 0 bridgehead atoms. The highest BCUT2D eigenvalue weighted by molar-refractivity contribution is 7.99. The van der Waals surface area contributed by atoms with Crippen LogP contribution in [0.15, 0.2) is 83.1 Å². The lowest BCUT2D eigenvalue weighted by molar-refractivity contribution is -0.118. The fourth-order valence-electron chi connectivity index (χ4n) is 3.38. The third kappa shape index (κ3) is 6.31. The second kappa shape index (κ2) is 12.0. The van der Waals surface area contributed by atoms with Crippen LogP contribution in [-0.2, 0) is 4.79 Å². The smallest absolute Gasteiger partial charge is 0.250 e. The van der Waals surface area contributed by atoms with E-state index in [1.807, 2.05) is 91.2 Å². The lowest BCUT2D eigenvalue weighted by Crippen LogP contribution is -2.20. The third-order valence-electron chi connectivity index (χ3n) is 5.20. The Labute approximate surface area is 214 Å². The largest absolute Gasteiger partial charge is 0.497 e. The van der Waals surface area contributed by atoms with Crippen LogP contribution in [-0.4, -0.2) is 46.4 Å². The van der Waals surface area contributed by atoms with Crippen LogP contribution in [0.1, 0.15) is 18.1 Å². The molecule has 1 amide bonds. The van der Waals surface area contributed by atoms with E-state index >= 15 is 0 Å². The molecule has 1 aromatic heterocycles. The number of rotatable bonds is 10. The van der Waals surface area contributed by atoms with E-state index in [1.54, 1.807) is 13.3 Å². The van der Waals surface area contributed by atoms with E-state index in [0.717, 1.165) is 33.9 Å². The summed E-state index contributed by atoms with van der Waals surface area (Å²) in [7, 11) is 1.63. The number of benzene rings is 3. The van der Waals surface area contributed by atoms with Crippen LogP contribution in [0.3, 0.4) is 0 Å². The van der Waals surface area contributed by atoms with Crippen molar-refractivity contribution >= 4 is 23.9 Å². The molecular weight excluding hydrogens is 474 g/mol. The van der Waals surface area contributed by atoms with Gasteiger partial charge in [0.25, 0.3) is 5.91 Å². The predicted molar refractivity (Wildman–Crippen MR) is 142 cm³/mol. The zero-order chi connectivity index (χ0) is 25.3. The average Bonchev–Trinajstić information content (AvgIpc) is 3.33. The van der Waals surface area contributed by atoms with Crippen LogP contribution in [0.2, 0.25) is 0 Å². The number of carbonyl (C=O) groups excluding carboxylic acids is 1. The molecule has 1 N–H and O–H groups in total. The molecule has 4 rings (SSSR count). The second-order valence-electron chi connectivity index (χ2n) is 7.79. The molecule has 0 saturated heterocycles. The van der Waals surface area contributed by atoms with E-state index in [0.29, 0.717) is 17.6 Å². The van der Waals surface area contributed by atoms with Crippen molar-refractivity contribution in [3.63, 3.8) is 0 Å². The molecule has 0 spiro atoms. The molecule has 0 aliphatic carbocycles. The van der Waals surface area contributed by atoms with Gasteiger partial charge in [-0.1, -0.05) is 41.6 Å². The molecule has 0 atom stereocenters. The first-order valence-electron chi connectivity index (χ1n) is 11.4. The molecule has 1 heterocycles. The molecule has 0 radical (unpaired) electrons. The maximum Gasteiger partial charge on any atom is 0.250 e. The van der Waals surface area contributed by atoms with Gasteiger partial charge in [-0.2, -0.15) is 5.10 Å². The molecule has 8 nitrogen and oxygen atoms in total. The molecule has 0 fully saturated rings. The highest BCUT2D eigenvalue weighted by Gasteiger charge is 2.17. The number of hydrogen-bond acceptors (Lipinski definition) is 7. The Morgan fingerprint density at radius 3 is 2.36 bits per heavy atom. The van der Waals surface area contributed by atoms with Crippen molar-refractivity contribution in [2.75, 3.05) is 19.5 Å². The number of hydrogen-bond donors (Lipinski definition) is 1. The average molecular weight is 502 g/mol. The Hall–Kier alpha value is -4.11. The lowest BCUT2D eigenvalue weighted by Gasteiger charge is -2.11. The van der Waals surface area contributed by atoms with Crippen molar-refractivity contribution in [1.82, 2.24) is 20.2 Å². The van der Waals surface area contributed by atoms with Crippen LogP contribution in [0.25, 0.3) is 17.1 Å². The van der Waals surface area contributed by atoms with Crippen molar-refractivity contribution in [3.05, 3.63) is 83.9 Å². The number of hydrazone groups is 1. The molecule has 36 heavy (non-hydrogen) atoms. The minimum absolute atomic E-state index is 0.128. The number of aryl methyl sites for hydroxylation is 1. The van der Waals surface area contributed by atoms with Gasteiger partial charge in [0.2, 0.25) is 0 Å². The fourth-order valence-corrected chi connectivity index (χ4v) is 4.12. The molecular formula is C27H27N5O3S. The fraction of sp³-hybridized carbons (Fsp3) is 0.185. The Morgan fingerprint density at radius 2 is 1.69 bits per heavy atom. The van der Waals surface area contributed by atoms with Gasteiger partial charge in [-0.3, -0.25) is 9.36 Å². The number of nitrogens with zero attached hydrogens (tertiary/aromatic N) is 4. The number of thioether (sulfide) groups is 1. The Bertz CT molecular complexity index is 1320. The maximum absolute atomic E-state index is 12.5. The number of ether oxygens (including phenoxy) is 2. The number of nitrogens with one attached hydrogen (secondary N) is 1. The van der Waals surface area contributed by atoms with Gasteiger partial charge < -0.3 is 9.47 Å². The summed E-state index contributed by atoms with van der Waals surface area (Å²) in [4.78, 5) is 12.5. The molecule has 9 heteroatoms. The third-order valence-corrected chi connectivity index (χ3v) is 6.13. The molecule has 0 unspecified atom stereocenters. The zero-order valence-corrected chi connectivity index (χ0v) is 21.2. The number of carbonyl (C=O) groups is 1. The highest BCUT2D eigenvalue weighted by atomic mass is 32.2. The second-order valence-corrected chi connectivity index (χ2v) is 8.73. The summed E-state index contributed by atoms with van der Waals surface area (Å²) in [6.45, 7) is 4.59. The minimum atomic E-state index is -0.247. The molecule has 0 aliphatic heterocycles. The Morgan fingerprint density at radius 1 is 1.00 bits per heavy atom. The van der Waals surface area contributed by atoms with Crippen molar-refractivity contribution in [3.8, 4) is 28.6 Å². The van der Waals surface area contributed by atoms with Crippen LogP contribution < -0.4 is 14.9 Å². The summed E-state index contributed by atoms with van der Waals surface area (Å²) in [6, 6.07) is 23.2. The molecule has 4 aromatic rings. The standard InChI is InChI=1S/C27H27N5O3S/c1-4-35-24-13-7-20(8-14-24)17-28-29-25(33)18-36-27-31-30-26(21-9-5-19(2)6-10-21)32(27)22-11-15-23(34-3)16-12-22/h5-17H,4,18H2,1-3H3,(H,29,33)/b28-17+. The summed E-state index contributed by atoms with van der Waals surface area (Å²) in [5.74, 6) is 2.12. The van der Waals surface area contributed by atoms with Crippen LogP contribution in [0, 0.1) is 6.92 Å². The van der Waals surface area contributed by atoms with E-state index in [2.05, 4.69) is 20.7 Å². The van der Waals surface area contributed by atoms with E-state index < -0.39 is 0 Å². The van der Waals surface area contributed by atoms with Gasteiger partial charge in [-0.05, 0) is 67.9 Å². The lowest BCUT2D eigenvalue weighted by atomic mass is 10.1. The zero-order valence-electron chi connectivity index (χ0n) is 20.3. The number of methoxy groups -OCH3 is 1. The SMILES string of the molecule is CCOc1ccc(/C=N/NC(=O)CSc2nnc(-c3ccc(C)cc3)n2-c2ccc(OC)cc2)cc1. The van der Waals surface area contributed by atoms with Gasteiger partial charge in [-0.25, -0.2) is 5.43 Å². The molecule has 184 valence electrons. The first-order chi connectivity index (χ1) is 17.6. The normalized spacial score (nSPS) is 11.0. The van der Waals surface area contributed by atoms with E-state index in [4.69, 9.17) is 9.47 Å². The minimum Gasteiger partial charge on any atom is -0.497 e. The number of aromatic nitrogens is 3. The van der Waals surface area contributed by atoms with E-state index in [1.165, 1.54) is 11.8 Å². The molecule has 3 aromatic carbocycles. The first kappa shape index (κ1) is 25.0. The maximum atomic E-state index is 12.5. The summed E-state index contributed by atoms with van der Waals surface area (Å²) < 4.78 is 12.7. The summed E-state index contributed by atoms with van der Waals surface area (Å²) in [5, 5.41) is 13.4. The van der Waals surface area contributed by atoms with Gasteiger partial charge in [0.15, 0.2) is 11.0 Å². The van der Waals surface area contributed by atoms with Gasteiger partial charge in [0.05, 0.1) is 25.7 Å². The van der Waals surface area contributed by atoms with Crippen LogP contribution in [0.5, 0.6) is 11.5 Å². The summed E-state index contributed by atoms with van der Waals surface area (Å²) in [6.07, 6.45) is 1.59. The summed E-state index contributed by atoms with van der Waals surface area (Å²) >= 11 is 1.29. The highest BCUT2D eigenvalue weighted by Crippen LogP contribution is 2.29. The Kier molecular flexibility index (Phi) is 8.36. The van der Waals surface area contributed by atoms with E-state index in [9.17, 15) is 4.79 Å². The van der Waals surface area contributed by atoms with Crippen molar-refractivity contribution in [1.29, 1.82) is 0 Å². The Balaban J connectivity index is 1.47. The van der Waals surface area contributed by atoms with Crippen LogP contribution >= 0.6 is 11.8 Å². The first-order valence-corrected chi connectivity index (χ1v) is 12.4. The molecule has 0 aliphatic rings.